The van der Waals surface area contributed by atoms with Gasteiger partial charge >= 0.3 is 0 Å². The van der Waals surface area contributed by atoms with E-state index in [0.717, 1.165) is 18.2 Å². The van der Waals surface area contributed by atoms with Crippen molar-refractivity contribution in [3.8, 4) is 0 Å². The monoisotopic (exact) mass is 392 g/mol. The fourth-order valence-corrected chi connectivity index (χ4v) is 3.19. The molecule has 7 nitrogen and oxygen atoms in total. The summed E-state index contributed by atoms with van der Waals surface area (Å²) in [5.74, 6) is -3.63. The zero-order chi connectivity index (χ0) is 19.6. The fourth-order valence-electron chi connectivity index (χ4n) is 2.59. The number of rotatable bonds is 5. The quantitative estimate of drug-likeness (QED) is 0.412. The number of benzene rings is 1. The second-order valence-corrected chi connectivity index (χ2v) is 6.66. The standard InChI is InChI=1S/C17H14F2N4O3S/c1-2-5-27-17-22-14-13(16(26)23-17)9(7-12(24)21-14)15(25)20-11-6-8(18)3-4-10(11)19/h2-4,6,9H,1,5,7H2,(H,20,25)(H2,21,22,23,24,26)/t9-/m0/s1. The van der Waals surface area contributed by atoms with Gasteiger partial charge < -0.3 is 15.6 Å². The van der Waals surface area contributed by atoms with E-state index in [-0.39, 0.29) is 28.6 Å². The zero-order valence-electron chi connectivity index (χ0n) is 13.8. The number of nitrogens with one attached hydrogen (secondary N) is 3. The molecule has 2 aromatic rings. The molecule has 0 unspecified atom stereocenters. The highest BCUT2D eigenvalue weighted by atomic mass is 32.2. The number of fused-ring (bicyclic) bond motifs is 1. The highest BCUT2D eigenvalue weighted by molar-refractivity contribution is 7.99. The summed E-state index contributed by atoms with van der Waals surface area (Å²) in [5.41, 5.74) is -1.01. The second kappa shape index (κ2) is 7.70. The largest absolute Gasteiger partial charge is 0.323 e. The number of hydrogen-bond donors (Lipinski definition) is 3. The van der Waals surface area contributed by atoms with E-state index in [0.29, 0.717) is 5.75 Å². The van der Waals surface area contributed by atoms with Gasteiger partial charge in [0.25, 0.3) is 5.56 Å². The van der Waals surface area contributed by atoms with Crippen LogP contribution in [0.3, 0.4) is 0 Å². The molecular formula is C17H14F2N4O3S. The van der Waals surface area contributed by atoms with Crippen molar-refractivity contribution in [2.75, 3.05) is 16.4 Å². The number of aromatic nitrogens is 2. The van der Waals surface area contributed by atoms with Crippen LogP contribution >= 0.6 is 11.8 Å². The predicted octanol–water partition coefficient (Wildman–Crippen LogP) is 2.39. The van der Waals surface area contributed by atoms with E-state index >= 15 is 0 Å². The summed E-state index contributed by atoms with van der Waals surface area (Å²) in [6.45, 7) is 3.57. The zero-order valence-corrected chi connectivity index (χ0v) is 14.7. The molecule has 0 bridgehead atoms. The lowest BCUT2D eigenvalue weighted by Crippen LogP contribution is -2.36. The summed E-state index contributed by atoms with van der Waals surface area (Å²) in [4.78, 5) is 43.6. The molecule has 2 heterocycles. The lowest BCUT2D eigenvalue weighted by atomic mass is 9.92. The Morgan fingerprint density at radius 1 is 1.41 bits per heavy atom. The molecular weight excluding hydrogens is 378 g/mol. The van der Waals surface area contributed by atoms with Gasteiger partial charge in [0.2, 0.25) is 11.8 Å². The summed E-state index contributed by atoms with van der Waals surface area (Å²) >= 11 is 1.20. The Balaban J connectivity index is 1.94. The molecule has 0 spiro atoms. The summed E-state index contributed by atoms with van der Waals surface area (Å²) < 4.78 is 27.1. The number of aromatic amines is 1. The van der Waals surface area contributed by atoms with Crippen molar-refractivity contribution in [1.82, 2.24) is 9.97 Å². The molecule has 0 aliphatic carbocycles. The van der Waals surface area contributed by atoms with Gasteiger partial charge in [0.05, 0.1) is 17.2 Å². The van der Waals surface area contributed by atoms with Crippen LogP contribution in [-0.2, 0) is 9.59 Å². The Morgan fingerprint density at radius 2 is 2.19 bits per heavy atom. The van der Waals surface area contributed by atoms with Crippen molar-refractivity contribution >= 4 is 35.1 Å². The predicted molar refractivity (Wildman–Crippen MR) is 96.8 cm³/mol. The van der Waals surface area contributed by atoms with Crippen molar-refractivity contribution in [2.45, 2.75) is 17.5 Å². The number of anilines is 2. The maximum atomic E-state index is 13.8. The molecule has 3 N–H and O–H groups in total. The number of hydrogen-bond acceptors (Lipinski definition) is 5. The van der Waals surface area contributed by atoms with E-state index in [1.54, 1.807) is 6.08 Å². The van der Waals surface area contributed by atoms with Gasteiger partial charge in [0.1, 0.15) is 17.5 Å². The third-order valence-corrected chi connectivity index (χ3v) is 4.64. The van der Waals surface area contributed by atoms with Crippen molar-refractivity contribution < 1.29 is 18.4 Å². The van der Waals surface area contributed by atoms with Crippen LogP contribution in [0.25, 0.3) is 0 Å². The number of amides is 2. The van der Waals surface area contributed by atoms with Crippen LogP contribution in [0.1, 0.15) is 17.9 Å². The van der Waals surface area contributed by atoms with Crippen LogP contribution in [0, 0.1) is 11.6 Å². The molecule has 140 valence electrons. The minimum absolute atomic E-state index is 0.0265. The lowest BCUT2D eigenvalue weighted by Gasteiger charge is -2.23. The van der Waals surface area contributed by atoms with Crippen LogP contribution in [0.15, 0.2) is 40.8 Å². The van der Waals surface area contributed by atoms with Crippen molar-refractivity contribution in [2.24, 2.45) is 0 Å². The van der Waals surface area contributed by atoms with Crippen LogP contribution in [0.4, 0.5) is 20.3 Å². The smallest absolute Gasteiger partial charge is 0.257 e. The summed E-state index contributed by atoms with van der Waals surface area (Å²) in [6.07, 6.45) is 1.30. The minimum atomic E-state index is -1.19. The lowest BCUT2D eigenvalue weighted by molar-refractivity contribution is -0.123. The van der Waals surface area contributed by atoms with E-state index in [4.69, 9.17) is 0 Å². The van der Waals surface area contributed by atoms with E-state index in [2.05, 4.69) is 27.2 Å². The van der Waals surface area contributed by atoms with Gasteiger partial charge in [0.15, 0.2) is 5.16 Å². The van der Waals surface area contributed by atoms with Crippen molar-refractivity contribution in [3.05, 3.63) is 58.4 Å². The molecule has 0 saturated heterocycles. The number of carbonyl (C=O) groups is 2. The first-order valence-corrected chi connectivity index (χ1v) is 8.81. The third kappa shape index (κ3) is 4.05. The van der Waals surface area contributed by atoms with Gasteiger partial charge in [-0.25, -0.2) is 13.8 Å². The molecule has 1 aliphatic heterocycles. The molecule has 1 aromatic carbocycles. The Labute approximate surface area is 156 Å². The first kappa shape index (κ1) is 18.8. The van der Waals surface area contributed by atoms with Crippen molar-refractivity contribution in [3.63, 3.8) is 0 Å². The van der Waals surface area contributed by atoms with Gasteiger partial charge in [-0.1, -0.05) is 17.8 Å². The summed E-state index contributed by atoms with van der Waals surface area (Å²) in [7, 11) is 0. The molecule has 1 aliphatic rings. The van der Waals surface area contributed by atoms with Gasteiger partial charge in [-0.2, -0.15) is 0 Å². The first-order chi connectivity index (χ1) is 12.9. The molecule has 1 aromatic heterocycles. The highest BCUT2D eigenvalue weighted by Crippen LogP contribution is 2.30. The topological polar surface area (TPSA) is 104 Å². The molecule has 1 atom stereocenters. The van der Waals surface area contributed by atoms with E-state index in [1.807, 2.05) is 0 Å². The number of halogens is 2. The summed E-state index contributed by atoms with van der Waals surface area (Å²) in [5, 5.41) is 4.95. The normalized spacial score (nSPS) is 15.6. The maximum absolute atomic E-state index is 13.8. The Bertz CT molecular complexity index is 993. The van der Waals surface area contributed by atoms with Gasteiger partial charge in [-0.3, -0.25) is 14.4 Å². The van der Waals surface area contributed by atoms with Crippen molar-refractivity contribution in [1.29, 1.82) is 0 Å². The highest BCUT2D eigenvalue weighted by Gasteiger charge is 2.35. The maximum Gasteiger partial charge on any atom is 0.257 e. The average molecular weight is 392 g/mol. The second-order valence-electron chi connectivity index (χ2n) is 5.65. The van der Waals surface area contributed by atoms with Gasteiger partial charge in [0, 0.05) is 18.2 Å². The number of nitrogens with zero attached hydrogens (tertiary/aromatic N) is 1. The third-order valence-electron chi connectivity index (χ3n) is 3.77. The Kier molecular flexibility index (Phi) is 5.36. The Hall–Kier alpha value is -3.01. The SMILES string of the molecule is C=CCSc1nc2c(c(=O)[nH]1)[C@@H](C(=O)Nc1cc(F)ccc1F)CC(=O)N2. The fraction of sp³-hybridized carbons (Fsp3) is 0.176. The number of H-pyrrole nitrogens is 1. The molecule has 3 rings (SSSR count). The molecule has 0 fully saturated rings. The number of carbonyl (C=O) groups excluding carboxylic acids is 2. The molecule has 0 radical (unpaired) electrons. The molecule has 0 saturated carbocycles. The summed E-state index contributed by atoms with van der Waals surface area (Å²) in [6, 6.07) is 2.59. The molecule has 2 amide bonds. The Morgan fingerprint density at radius 3 is 2.93 bits per heavy atom. The molecule has 27 heavy (non-hydrogen) atoms. The van der Waals surface area contributed by atoms with Crippen LogP contribution < -0.4 is 16.2 Å². The van der Waals surface area contributed by atoms with Crippen LogP contribution in [0.5, 0.6) is 0 Å². The van der Waals surface area contributed by atoms with Crippen LogP contribution in [-0.4, -0.2) is 27.5 Å². The number of thioether (sulfide) groups is 1. The van der Waals surface area contributed by atoms with E-state index in [9.17, 15) is 23.2 Å². The van der Waals surface area contributed by atoms with Gasteiger partial charge in [-0.05, 0) is 12.1 Å². The minimum Gasteiger partial charge on any atom is -0.323 e. The van der Waals surface area contributed by atoms with E-state index in [1.165, 1.54) is 11.8 Å². The van der Waals surface area contributed by atoms with Gasteiger partial charge in [-0.15, -0.1) is 6.58 Å². The van der Waals surface area contributed by atoms with Crippen LogP contribution in [0.2, 0.25) is 0 Å². The average Bonchev–Trinajstić information content (AvgIpc) is 2.61. The first-order valence-electron chi connectivity index (χ1n) is 7.82. The van der Waals surface area contributed by atoms with E-state index < -0.39 is 34.9 Å². The molecule has 10 heteroatoms.